The summed E-state index contributed by atoms with van der Waals surface area (Å²) in [5, 5.41) is 0. The van der Waals surface area contributed by atoms with Crippen LogP contribution in [0.5, 0.6) is 0 Å². The normalized spacial score (nSPS) is 10.6. The van der Waals surface area contributed by atoms with Crippen LogP contribution in [0.25, 0.3) is 0 Å². The summed E-state index contributed by atoms with van der Waals surface area (Å²) in [4.78, 5) is 9.44. The van der Waals surface area contributed by atoms with Gasteiger partial charge in [-0.25, -0.2) is 0 Å². The fourth-order valence-corrected chi connectivity index (χ4v) is 3.00. The molecule has 0 aliphatic heterocycles. The Bertz CT molecular complexity index is 760. The van der Waals surface area contributed by atoms with E-state index in [0.29, 0.717) is 0 Å². The van der Waals surface area contributed by atoms with E-state index in [1.54, 1.807) is 0 Å². The van der Waals surface area contributed by atoms with Crippen molar-refractivity contribution in [2.45, 2.75) is 33.1 Å². The highest BCUT2D eigenvalue weighted by molar-refractivity contribution is 5.72. The summed E-state index contributed by atoms with van der Waals surface area (Å²) in [6.07, 6.45) is 0. The zero-order chi connectivity index (χ0) is 18.3. The Labute approximate surface area is 151 Å². The molecule has 1 heteroatoms. The monoisotopic (exact) mass is 330 g/mol. The molecule has 0 atom stereocenters. The van der Waals surface area contributed by atoms with Gasteiger partial charge in [-0.1, -0.05) is 90.5 Å². The first-order chi connectivity index (χ1) is 11.9. The van der Waals surface area contributed by atoms with E-state index in [0.717, 1.165) is 0 Å². The van der Waals surface area contributed by atoms with Crippen LogP contribution in [-0.2, 0) is 10.2 Å². The molecule has 0 unspecified atom stereocenters. The van der Waals surface area contributed by atoms with Crippen molar-refractivity contribution in [1.29, 1.82) is 0 Å². The number of hydrogen-bond acceptors (Lipinski definition) is 1. The second kappa shape index (κ2) is 8.43. The summed E-state index contributed by atoms with van der Waals surface area (Å²) in [5.74, 6) is 0.167. The van der Waals surface area contributed by atoms with Crippen LogP contribution in [0.4, 0.5) is 0 Å². The fourth-order valence-electron chi connectivity index (χ4n) is 3.00. The number of Topliss-reactive ketones (excluding diaryl/α,β-unsaturated/α-hetero) is 1. The van der Waals surface area contributed by atoms with Crippen LogP contribution < -0.4 is 0 Å². The third kappa shape index (κ3) is 4.67. The van der Waals surface area contributed by atoms with Gasteiger partial charge in [0, 0.05) is 5.41 Å². The molecule has 3 rings (SSSR count). The van der Waals surface area contributed by atoms with Crippen molar-refractivity contribution in [3.63, 3.8) is 0 Å². The first-order valence-corrected chi connectivity index (χ1v) is 8.60. The van der Waals surface area contributed by atoms with E-state index in [2.05, 4.69) is 98.8 Å². The van der Waals surface area contributed by atoms with E-state index in [-0.39, 0.29) is 11.2 Å². The molecule has 3 aromatic rings. The minimum absolute atomic E-state index is 0.130. The Balaban J connectivity index is 0.000000511. The molecule has 0 N–H and O–H groups in total. The zero-order valence-electron chi connectivity index (χ0n) is 15.5. The van der Waals surface area contributed by atoms with E-state index in [4.69, 9.17) is 0 Å². The lowest BCUT2D eigenvalue weighted by atomic mass is 9.71. The van der Waals surface area contributed by atoms with Crippen LogP contribution >= 0.6 is 0 Å². The highest BCUT2D eigenvalue weighted by Gasteiger charge is 2.30. The maximum absolute atomic E-state index is 9.44. The number of hydrogen-bond donors (Lipinski definition) is 0. The van der Waals surface area contributed by atoms with Crippen molar-refractivity contribution in [3.8, 4) is 0 Å². The van der Waals surface area contributed by atoms with Gasteiger partial charge in [-0.3, -0.25) is 0 Å². The molecular weight excluding hydrogens is 304 g/mol. The lowest BCUT2D eigenvalue weighted by molar-refractivity contribution is -0.114. The van der Waals surface area contributed by atoms with Gasteiger partial charge in [-0.2, -0.15) is 0 Å². The summed E-state index contributed by atoms with van der Waals surface area (Å²) >= 11 is 0. The Morgan fingerprint density at radius 3 is 1.48 bits per heavy atom. The minimum atomic E-state index is -0.130. The molecule has 0 heterocycles. The molecule has 0 spiro atoms. The number of carbonyl (C=O) groups is 1. The first-order valence-electron chi connectivity index (χ1n) is 8.60. The molecule has 128 valence electrons. The molecular formula is C24H26O. The summed E-state index contributed by atoms with van der Waals surface area (Å²) in [6, 6.07) is 30.3. The highest BCUT2D eigenvalue weighted by Crippen LogP contribution is 2.38. The van der Waals surface area contributed by atoms with E-state index in [1.807, 2.05) is 0 Å². The van der Waals surface area contributed by atoms with Crippen LogP contribution in [0, 0.1) is 6.92 Å². The van der Waals surface area contributed by atoms with Crippen molar-refractivity contribution < 1.29 is 4.79 Å². The van der Waals surface area contributed by atoms with Crippen molar-refractivity contribution in [3.05, 3.63) is 107 Å². The van der Waals surface area contributed by atoms with Gasteiger partial charge >= 0.3 is 0 Å². The zero-order valence-corrected chi connectivity index (χ0v) is 15.5. The van der Waals surface area contributed by atoms with Crippen molar-refractivity contribution in [2.75, 3.05) is 0 Å². The van der Waals surface area contributed by atoms with Gasteiger partial charge in [-0.15, -0.1) is 0 Å². The van der Waals surface area contributed by atoms with Gasteiger partial charge < -0.3 is 4.79 Å². The Kier molecular flexibility index (Phi) is 6.30. The number of benzene rings is 3. The standard InChI is InChI=1S/C21H20.C3H6O/c1-17-10-9-15-20(16-17)21(2,18-11-5-3-6-12-18)19-13-7-4-8-14-19;1-3(2)4/h3-16H,1-2H3;1-2H3. The molecule has 1 nitrogen and oxygen atoms in total. The average Bonchev–Trinajstić information content (AvgIpc) is 2.62. The van der Waals surface area contributed by atoms with Gasteiger partial charge in [0.05, 0.1) is 0 Å². The van der Waals surface area contributed by atoms with Crippen LogP contribution in [0.2, 0.25) is 0 Å². The maximum Gasteiger partial charge on any atom is 0.126 e. The highest BCUT2D eigenvalue weighted by atomic mass is 16.1. The van der Waals surface area contributed by atoms with Gasteiger partial charge in [0.25, 0.3) is 0 Å². The van der Waals surface area contributed by atoms with Crippen LogP contribution in [0.15, 0.2) is 84.9 Å². The van der Waals surface area contributed by atoms with E-state index in [1.165, 1.54) is 36.1 Å². The fraction of sp³-hybridized carbons (Fsp3) is 0.208. The molecule has 0 fully saturated rings. The summed E-state index contributed by atoms with van der Waals surface area (Å²) in [5.41, 5.74) is 5.14. The lowest BCUT2D eigenvalue weighted by Gasteiger charge is -2.32. The molecule has 0 aliphatic rings. The quantitative estimate of drug-likeness (QED) is 0.543. The first kappa shape index (κ1) is 18.7. The van der Waals surface area contributed by atoms with Crippen molar-refractivity contribution in [1.82, 2.24) is 0 Å². The molecule has 0 aromatic heterocycles. The number of aryl methyl sites for hydroxylation is 1. The summed E-state index contributed by atoms with van der Waals surface area (Å²) in [7, 11) is 0. The van der Waals surface area contributed by atoms with E-state index < -0.39 is 0 Å². The third-order valence-corrected chi connectivity index (χ3v) is 4.30. The van der Waals surface area contributed by atoms with Gasteiger partial charge in [0.2, 0.25) is 0 Å². The number of ketones is 1. The second-order valence-corrected chi connectivity index (χ2v) is 6.63. The van der Waals surface area contributed by atoms with E-state index >= 15 is 0 Å². The van der Waals surface area contributed by atoms with Gasteiger partial charge in [0.1, 0.15) is 5.78 Å². The molecule has 0 saturated carbocycles. The molecule has 25 heavy (non-hydrogen) atoms. The Morgan fingerprint density at radius 2 is 1.08 bits per heavy atom. The smallest absolute Gasteiger partial charge is 0.126 e. The van der Waals surface area contributed by atoms with Crippen molar-refractivity contribution in [2.24, 2.45) is 0 Å². The Morgan fingerprint density at radius 1 is 0.680 bits per heavy atom. The SMILES string of the molecule is CC(C)=O.Cc1cccc(C(C)(c2ccccc2)c2ccccc2)c1. The molecule has 0 amide bonds. The molecule has 3 aromatic carbocycles. The van der Waals surface area contributed by atoms with E-state index in [9.17, 15) is 4.79 Å². The Hall–Kier alpha value is -2.67. The topological polar surface area (TPSA) is 17.1 Å². The number of rotatable bonds is 3. The van der Waals surface area contributed by atoms with Crippen molar-refractivity contribution >= 4 is 5.78 Å². The minimum Gasteiger partial charge on any atom is -0.300 e. The second-order valence-electron chi connectivity index (χ2n) is 6.63. The average molecular weight is 330 g/mol. The van der Waals surface area contributed by atoms with Crippen LogP contribution in [0.1, 0.15) is 43.0 Å². The molecule has 0 bridgehead atoms. The lowest BCUT2D eigenvalue weighted by Crippen LogP contribution is -2.25. The van der Waals surface area contributed by atoms with Crippen LogP contribution in [-0.4, -0.2) is 5.78 Å². The van der Waals surface area contributed by atoms with Gasteiger partial charge in [0.15, 0.2) is 0 Å². The predicted molar refractivity (Wildman–Crippen MR) is 106 cm³/mol. The van der Waals surface area contributed by atoms with Crippen LogP contribution in [0.3, 0.4) is 0 Å². The predicted octanol–water partition coefficient (Wildman–Crippen LogP) is 5.94. The maximum atomic E-state index is 9.44. The molecule has 0 aliphatic carbocycles. The molecule has 0 saturated heterocycles. The van der Waals surface area contributed by atoms with Gasteiger partial charge in [-0.05, 0) is 44.4 Å². The third-order valence-electron chi connectivity index (χ3n) is 4.30. The molecule has 0 radical (unpaired) electrons. The summed E-state index contributed by atoms with van der Waals surface area (Å²) < 4.78 is 0. The largest absolute Gasteiger partial charge is 0.300 e. The number of carbonyl (C=O) groups excluding carboxylic acids is 1. The summed E-state index contributed by atoms with van der Waals surface area (Å²) in [6.45, 7) is 7.52.